The molecule has 0 fully saturated rings. The Hall–Kier alpha value is -4.46. The SMILES string of the molecule is COc1cc(OCC(=O)O)c(-c2cc(-c3ccccc3OC)n(CCc3ccccc3)n2)cc1OC. The number of nitrogens with zero attached hydrogens (tertiary/aromatic N) is 2. The number of ether oxygens (including phenoxy) is 4. The molecule has 186 valence electrons. The average molecular weight is 489 g/mol. The van der Waals surface area contributed by atoms with E-state index in [-0.39, 0.29) is 0 Å². The van der Waals surface area contributed by atoms with Gasteiger partial charge in [0.15, 0.2) is 18.1 Å². The van der Waals surface area contributed by atoms with Crippen molar-refractivity contribution in [3.63, 3.8) is 0 Å². The number of aliphatic carboxylic acids is 1. The van der Waals surface area contributed by atoms with Gasteiger partial charge >= 0.3 is 5.97 Å². The van der Waals surface area contributed by atoms with Gasteiger partial charge in [-0.25, -0.2) is 4.79 Å². The standard InChI is InChI=1S/C28H28N2O6/c1-33-24-12-8-7-11-20(24)23-16-22(29-30(23)14-13-19-9-5-4-6-10-19)21-15-26(34-2)27(35-3)17-25(21)36-18-28(31)32/h4-12,15-17H,13-14,18H2,1-3H3,(H,31,32). The second kappa shape index (κ2) is 11.3. The molecule has 0 amide bonds. The molecule has 4 aromatic rings. The van der Waals surface area contributed by atoms with Crippen LogP contribution < -0.4 is 18.9 Å². The van der Waals surface area contributed by atoms with Crippen molar-refractivity contribution in [3.05, 3.63) is 78.4 Å². The van der Waals surface area contributed by atoms with Gasteiger partial charge in [0.1, 0.15) is 11.5 Å². The summed E-state index contributed by atoms with van der Waals surface area (Å²) in [6.07, 6.45) is 0.776. The normalized spacial score (nSPS) is 10.6. The maximum absolute atomic E-state index is 11.2. The summed E-state index contributed by atoms with van der Waals surface area (Å²) >= 11 is 0. The summed E-state index contributed by atoms with van der Waals surface area (Å²) in [5, 5.41) is 14.1. The fourth-order valence-electron chi connectivity index (χ4n) is 3.99. The number of para-hydroxylation sites is 1. The zero-order chi connectivity index (χ0) is 25.5. The molecule has 8 heteroatoms. The lowest BCUT2D eigenvalue weighted by molar-refractivity contribution is -0.139. The maximum atomic E-state index is 11.2. The quantitative estimate of drug-likeness (QED) is 0.319. The fraction of sp³-hybridized carbons (Fsp3) is 0.214. The Bertz CT molecular complexity index is 1330. The first-order valence-corrected chi connectivity index (χ1v) is 11.4. The molecule has 0 radical (unpaired) electrons. The number of hydrogen-bond donors (Lipinski definition) is 1. The van der Waals surface area contributed by atoms with E-state index >= 15 is 0 Å². The highest BCUT2D eigenvalue weighted by Gasteiger charge is 2.20. The summed E-state index contributed by atoms with van der Waals surface area (Å²) in [7, 11) is 4.69. The van der Waals surface area contributed by atoms with Crippen molar-refractivity contribution in [1.82, 2.24) is 9.78 Å². The fourth-order valence-corrected chi connectivity index (χ4v) is 3.99. The van der Waals surface area contributed by atoms with Crippen molar-refractivity contribution in [2.75, 3.05) is 27.9 Å². The molecule has 4 rings (SSSR count). The van der Waals surface area contributed by atoms with Crippen LogP contribution in [0.3, 0.4) is 0 Å². The third kappa shape index (κ3) is 5.43. The van der Waals surface area contributed by atoms with Crippen LogP contribution in [0.2, 0.25) is 0 Å². The highest BCUT2D eigenvalue weighted by atomic mass is 16.5. The molecule has 0 bridgehead atoms. The van der Waals surface area contributed by atoms with Crippen molar-refractivity contribution in [2.24, 2.45) is 0 Å². The van der Waals surface area contributed by atoms with Crippen molar-refractivity contribution in [1.29, 1.82) is 0 Å². The zero-order valence-electron chi connectivity index (χ0n) is 20.4. The Morgan fingerprint density at radius 1 is 0.806 bits per heavy atom. The molecule has 1 heterocycles. The van der Waals surface area contributed by atoms with Crippen LogP contribution in [0.5, 0.6) is 23.0 Å². The lowest BCUT2D eigenvalue weighted by atomic mass is 10.1. The zero-order valence-corrected chi connectivity index (χ0v) is 20.4. The van der Waals surface area contributed by atoms with Gasteiger partial charge in [-0.05, 0) is 36.2 Å². The van der Waals surface area contributed by atoms with E-state index in [1.54, 1.807) is 19.2 Å². The van der Waals surface area contributed by atoms with Gasteiger partial charge in [0.2, 0.25) is 0 Å². The predicted octanol–water partition coefficient (Wildman–Crippen LogP) is 4.95. The molecule has 1 N–H and O–H groups in total. The third-order valence-electron chi connectivity index (χ3n) is 5.73. The van der Waals surface area contributed by atoms with E-state index in [9.17, 15) is 9.90 Å². The van der Waals surface area contributed by atoms with Gasteiger partial charge < -0.3 is 24.1 Å². The van der Waals surface area contributed by atoms with Crippen LogP contribution in [-0.4, -0.2) is 48.8 Å². The smallest absolute Gasteiger partial charge is 0.341 e. The highest BCUT2D eigenvalue weighted by Crippen LogP contribution is 2.41. The summed E-state index contributed by atoms with van der Waals surface area (Å²) in [5.74, 6) is 0.871. The van der Waals surface area contributed by atoms with Crippen LogP contribution in [0, 0.1) is 0 Å². The second-order valence-corrected chi connectivity index (χ2v) is 7.96. The molecule has 36 heavy (non-hydrogen) atoms. The maximum Gasteiger partial charge on any atom is 0.341 e. The van der Waals surface area contributed by atoms with Crippen molar-refractivity contribution in [3.8, 4) is 45.5 Å². The van der Waals surface area contributed by atoms with Gasteiger partial charge in [0, 0.05) is 23.7 Å². The Kier molecular flexibility index (Phi) is 7.75. The number of carboxylic acid groups (broad SMARTS) is 1. The minimum atomic E-state index is -1.08. The molecule has 0 aliphatic heterocycles. The number of carbonyl (C=O) groups is 1. The Morgan fingerprint density at radius 2 is 1.47 bits per heavy atom. The van der Waals surface area contributed by atoms with Crippen molar-refractivity contribution < 1.29 is 28.8 Å². The summed E-state index contributed by atoms with van der Waals surface area (Å²) < 4.78 is 24.1. The average Bonchev–Trinajstić information content (AvgIpc) is 3.34. The molecule has 3 aromatic carbocycles. The number of rotatable bonds is 11. The van der Waals surface area contributed by atoms with E-state index in [0.29, 0.717) is 35.1 Å². The van der Waals surface area contributed by atoms with Crippen LogP contribution in [0.15, 0.2) is 72.8 Å². The molecule has 8 nitrogen and oxygen atoms in total. The Balaban J connectivity index is 1.83. The molecule has 0 aliphatic carbocycles. The summed E-state index contributed by atoms with van der Waals surface area (Å²) in [4.78, 5) is 11.2. The monoisotopic (exact) mass is 488 g/mol. The number of methoxy groups -OCH3 is 3. The van der Waals surface area contributed by atoms with Gasteiger partial charge in [0.05, 0.1) is 32.7 Å². The summed E-state index contributed by atoms with van der Waals surface area (Å²) in [6, 6.07) is 23.2. The molecule has 0 saturated heterocycles. The van der Waals surface area contributed by atoms with E-state index in [4.69, 9.17) is 24.0 Å². The van der Waals surface area contributed by atoms with E-state index in [1.807, 2.05) is 53.2 Å². The molecule has 0 spiro atoms. The molecule has 1 aromatic heterocycles. The number of carboxylic acids is 1. The largest absolute Gasteiger partial charge is 0.496 e. The van der Waals surface area contributed by atoms with Gasteiger partial charge in [-0.15, -0.1) is 0 Å². The van der Waals surface area contributed by atoms with Gasteiger partial charge in [0.25, 0.3) is 0 Å². The topological polar surface area (TPSA) is 92.0 Å². The molecular weight excluding hydrogens is 460 g/mol. The van der Waals surface area contributed by atoms with Crippen molar-refractivity contribution in [2.45, 2.75) is 13.0 Å². The number of benzene rings is 3. The van der Waals surface area contributed by atoms with Gasteiger partial charge in [-0.1, -0.05) is 42.5 Å². The summed E-state index contributed by atoms with van der Waals surface area (Å²) in [5.41, 5.74) is 4.13. The number of aryl methyl sites for hydroxylation is 2. The first kappa shape index (κ1) is 24.7. The van der Waals surface area contributed by atoms with E-state index in [0.717, 1.165) is 23.4 Å². The van der Waals surface area contributed by atoms with E-state index in [1.165, 1.54) is 19.8 Å². The molecule has 0 atom stereocenters. The Labute approximate surface area is 209 Å². The second-order valence-electron chi connectivity index (χ2n) is 7.96. The number of hydrogen-bond acceptors (Lipinski definition) is 6. The van der Waals surface area contributed by atoms with E-state index in [2.05, 4.69) is 12.1 Å². The van der Waals surface area contributed by atoms with E-state index < -0.39 is 12.6 Å². The minimum Gasteiger partial charge on any atom is -0.496 e. The van der Waals surface area contributed by atoms with Crippen LogP contribution in [0.25, 0.3) is 22.5 Å². The van der Waals surface area contributed by atoms with Gasteiger partial charge in [-0.2, -0.15) is 5.10 Å². The van der Waals surface area contributed by atoms with Crippen molar-refractivity contribution >= 4 is 5.97 Å². The molecule has 0 aliphatic rings. The van der Waals surface area contributed by atoms with Crippen LogP contribution in [0.4, 0.5) is 0 Å². The molecular formula is C28H28N2O6. The van der Waals surface area contributed by atoms with Crippen LogP contribution >= 0.6 is 0 Å². The molecule has 0 unspecified atom stereocenters. The first-order valence-electron chi connectivity index (χ1n) is 11.4. The van der Waals surface area contributed by atoms with Crippen LogP contribution in [0.1, 0.15) is 5.56 Å². The highest BCUT2D eigenvalue weighted by molar-refractivity contribution is 5.78. The van der Waals surface area contributed by atoms with Gasteiger partial charge in [-0.3, -0.25) is 4.68 Å². The minimum absolute atomic E-state index is 0.328. The Morgan fingerprint density at radius 3 is 2.17 bits per heavy atom. The molecule has 0 saturated carbocycles. The lowest BCUT2D eigenvalue weighted by Gasteiger charge is -2.14. The lowest BCUT2D eigenvalue weighted by Crippen LogP contribution is -2.10. The van der Waals surface area contributed by atoms with Crippen LogP contribution in [-0.2, 0) is 17.8 Å². The predicted molar refractivity (Wildman–Crippen MR) is 136 cm³/mol. The first-order chi connectivity index (χ1) is 17.5. The summed E-state index contributed by atoms with van der Waals surface area (Å²) in [6.45, 7) is 0.118. The third-order valence-corrected chi connectivity index (χ3v) is 5.73. The number of aromatic nitrogens is 2.